The van der Waals surface area contributed by atoms with Crippen molar-refractivity contribution in [3.8, 4) is 0 Å². The molecule has 1 saturated heterocycles. The largest absolute Gasteiger partial charge is 0.317 e. The second-order valence-corrected chi connectivity index (χ2v) is 8.87. The lowest BCUT2D eigenvalue weighted by molar-refractivity contribution is 0.193. The molecule has 3 rings (SSSR count). The van der Waals surface area contributed by atoms with Crippen molar-refractivity contribution in [1.82, 2.24) is 34.8 Å². The molecule has 0 aliphatic carbocycles. The molecule has 0 radical (unpaired) electrons. The molecule has 0 bridgehead atoms. The zero-order valence-corrected chi connectivity index (χ0v) is 17.1. The van der Waals surface area contributed by atoms with E-state index in [1.807, 2.05) is 0 Å². The smallest absolute Gasteiger partial charge is 0.146 e. The van der Waals surface area contributed by atoms with E-state index >= 15 is 0 Å². The van der Waals surface area contributed by atoms with Crippen LogP contribution in [-0.2, 0) is 25.6 Å². The lowest BCUT2D eigenvalue weighted by Crippen LogP contribution is -2.35. The van der Waals surface area contributed by atoms with Gasteiger partial charge in [-0.25, -0.2) is 0 Å². The minimum atomic E-state index is 0.0840. The highest BCUT2D eigenvalue weighted by molar-refractivity contribution is 5.16. The van der Waals surface area contributed by atoms with Gasteiger partial charge in [-0.1, -0.05) is 20.8 Å². The fourth-order valence-corrected chi connectivity index (χ4v) is 3.63. The minimum absolute atomic E-state index is 0.0840. The Kier molecular flexibility index (Phi) is 5.48. The van der Waals surface area contributed by atoms with Gasteiger partial charge in [0.05, 0.1) is 12.2 Å². The predicted molar refractivity (Wildman–Crippen MR) is 103 cm³/mol. The number of rotatable bonds is 5. The SMILES string of the molecule is CN(C)Cc1nnc([C@H]2CCCN(Cc3cc(C(C)(C)C)n[nH]3)C2)n1C. The number of aromatic nitrogens is 5. The normalized spacial score (nSPS) is 19.4. The number of H-pyrrole nitrogens is 1. The van der Waals surface area contributed by atoms with Gasteiger partial charge in [-0.05, 0) is 39.5 Å². The molecule has 2 aromatic heterocycles. The number of aromatic amines is 1. The molecule has 2 aromatic rings. The second kappa shape index (κ2) is 7.48. The molecule has 26 heavy (non-hydrogen) atoms. The highest BCUT2D eigenvalue weighted by atomic mass is 15.3. The Morgan fingerprint density at radius 3 is 2.69 bits per heavy atom. The summed E-state index contributed by atoms with van der Waals surface area (Å²) in [6.45, 7) is 10.5. The van der Waals surface area contributed by atoms with Crippen LogP contribution in [0.15, 0.2) is 6.07 Å². The average Bonchev–Trinajstić information content (AvgIpc) is 3.15. The summed E-state index contributed by atoms with van der Waals surface area (Å²) in [5.74, 6) is 2.60. The van der Waals surface area contributed by atoms with Gasteiger partial charge in [0.25, 0.3) is 0 Å². The van der Waals surface area contributed by atoms with E-state index < -0.39 is 0 Å². The van der Waals surface area contributed by atoms with Crippen molar-refractivity contribution in [1.29, 1.82) is 0 Å². The lowest BCUT2D eigenvalue weighted by atomic mass is 9.92. The molecular weight excluding hydrogens is 326 g/mol. The van der Waals surface area contributed by atoms with E-state index in [0.29, 0.717) is 5.92 Å². The van der Waals surface area contributed by atoms with Crippen LogP contribution in [0.4, 0.5) is 0 Å². The first kappa shape index (κ1) is 19.0. The summed E-state index contributed by atoms with van der Waals surface area (Å²) >= 11 is 0. The molecule has 7 nitrogen and oxygen atoms in total. The number of hydrogen-bond donors (Lipinski definition) is 1. The third kappa shape index (κ3) is 4.32. The van der Waals surface area contributed by atoms with Crippen LogP contribution in [0.2, 0.25) is 0 Å². The van der Waals surface area contributed by atoms with Gasteiger partial charge in [0.1, 0.15) is 11.6 Å². The van der Waals surface area contributed by atoms with Crippen molar-refractivity contribution >= 4 is 0 Å². The molecule has 3 heterocycles. The fraction of sp³-hybridized carbons (Fsp3) is 0.737. The van der Waals surface area contributed by atoms with Gasteiger partial charge in [-0.3, -0.25) is 10.00 Å². The Morgan fingerprint density at radius 2 is 2.04 bits per heavy atom. The summed E-state index contributed by atoms with van der Waals surface area (Å²) in [5.41, 5.74) is 2.41. The summed E-state index contributed by atoms with van der Waals surface area (Å²) in [6.07, 6.45) is 2.38. The van der Waals surface area contributed by atoms with Crippen molar-refractivity contribution in [2.75, 3.05) is 27.2 Å². The standard InChI is InChI=1S/C19H33N7/c1-19(2,3)16-10-15(20-21-16)12-26-9-7-8-14(11-26)18-23-22-17(25(18)6)13-24(4)5/h10,14H,7-9,11-13H2,1-6H3,(H,20,21)/t14-/m0/s1. The van der Waals surface area contributed by atoms with E-state index in [-0.39, 0.29) is 5.41 Å². The van der Waals surface area contributed by atoms with E-state index in [4.69, 9.17) is 0 Å². The summed E-state index contributed by atoms with van der Waals surface area (Å²) in [5, 5.41) is 16.6. The molecule has 7 heteroatoms. The predicted octanol–water partition coefficient (Wildman–Crippen LogP) is 2.28. The van der Waals surface area contributed by atoms with Crippen molar-refractivity contribution in [3.05, 3.63) is 29.1 Å². The van der Waals surface area contributed by atoms with Gasteiger partial charge in [-0.2, -0.15) is 5.10 Å². The summed E-state index contributed by atoms with van der Waals surface area (Å²) in [6, 6.07) is 2.21. The van der Waals surface area contributed by atoms with Crippen molar-refractivity contribution in [2.45, 2.75) is 58.0 Å². The Bertz CT molecular complexity index is 723. The summed E-state index contributed by atoms with van der Waals surface area (Å²) in [7, 11) is 6.22. The van der Waals surface area contributed by atoms with Gasteiger partial charge < -0.3 is 9.47 Å². The molecule has 1 aliphatic rings. The van der Waals surface area contributed by atoms with Crippen LogP contribution in [0, 0.1) is 0 Å². The van der Waals surface area contributed by atoms with Crippen molar-refractivity contribution < 1.29 is 0 Å². The van der Waals surface area contributed by atoms with E-state index in [0.717, 1.165) is 43.5 Å². The van der Waals surface area contributed by atoms with E-state index in [1.165, 1.54) is 18.5 Å². The van der Waals surface area contributed by atoms with Crippen LogP contribution in [0.3, 0.4) is 0 Å². The molecule has 144 valence electrons. The highest BCUT2D eigenvalue weighted by Crippen LogP contribution is 2.27. The monoisotopic (exact) mass is 359 g/mol. The number of hydrogen-bond acceptors (Lipinski definition) is 5. The van der Waals surface area contributed by atoms with Crippen LogP contribution < -0.4 is 0 Å². The quantitative estimate of drug-likeness (QED) is 0.887. The second-order valence-electron chi connectivity index (χ2n) is 8.87. The van der Waals surface area contributed by atoms with Crippen molar-refractivity contribution in [3.63, 3.8) is 0 Å². The zero-order chi connectivity index (χ0) is 18.9. The van der Waals surface area contributed by atoms with Crippen LogP contribution in [-0.4, -0.2) is 61.9 Å². The maximum absolute atomic E-state index is 4.51. The Morgan fingerprint density at radius 1 is 1.27 bits per heavy atom. The Labute approximate surface area is 156 Å². The highest BCUT2D eigenvalue weighted by Gasteiger charge is 2.27. The maximum atomic E-state index is 4.51. The molecule has 1 fully saturated rings. The lowest BCUT2D eigenvalue weighted by Gasteiger charge is -2.31. The summed E-state index contributed by atoms with van der Waals surface area (Å²) in [4.78, 5) is 4.64. The number of nitrogens with zero attached hydrogens (tertiary/aromatic N) is 6. The van der Waals surface area contributed by atoms with Gasteiger partial charge in [0, 0.05) is 37.2 Å². The third-order valence-electron chi connectivity index (χ3n) is 5.12. The molecular formula is C19H33N7. The van der Waals surface area contributed by atoms with Gasteiger partial charge in [0.2, 0.25) is 0 Å². The van der Waals surface area contributed by atoms with Crippen LogP contribution in [0.5, 0.6) is 0 Å². The molecule has 0 saturated carbocycles. The van der Waals surface area contributed by atoms with Gasteiger partial charge >= 0.3 is 0 Å². The Hall–Kier alpha value is -1.73. The molecule has 1 atom stereocenters. The molecule has 1 aliphatic heterocycles. The van der Waals surface area contributed by atoms with E-state index in [1.54, 1.807) is 0 Å². The number of likely N-dealkylation sites (tertiary alicyclic amines) is 1. The first-order valence-corrected chi connectivity index (χ1v) is 9.54. The first-order chi connectivity index (χ1) is 12.2. The van der Waals surface area contributed by atoms with E-state index in [2.05, 4.69) is 82.7 Å². The van der Waals surface area contributed by atoms with Gasteiger partial charge in [0.15, 0.2) is 0 Å². The number of piperidine rings is 1. The molecule has 0 aromatic carbocycles. The molecule has 0 unspecified atom stereocenters. The van der Waals surface area contributed by atoms with E-state index in [9.17, 15) is 0 Å². The third-order valence-corrected chi connectivity index (χ3v) is 5.12. The maximum Gasteiger partial charge on any atom is 0.146 e. The molecule has 1 N–H and O–H groups in total. The average molecular weight is 360 g/mol. The first-order valence-electron chi connectivity index (χ1n) is 9.54. The minimum Gasteiger partial charge on any atom is -0.317 e. The van der Waals surface area contributed by atoms with Crippen LogP contribution >= 0.6 is 0 Å². The topological polar surface area (TPSA) is 65.9 Å². The Balaban J connectivity index is 1.66. The fourth-order valence-electron chi connectivity index (χ4n) is 3.63. The summed E-state index contributed by atoms with van der Waals surface area (Å²) < 4.78 is 2.18. The molecule has 0 amide bonds. The van der Waals surface area contributed by atoms with Crippen LogP contribution in [0.25, 0.3) is 0 Å². The number of nitrogens with one attached hydrogen (secondary N) is 1. The van der Waals surface area contributed by atoms with Gasteiger partial charge in [-0.15, -0.1) is 10.2 Å². The van der Waals surface area contributed by atoms with Crippen LogP contribution in [0.1, 0.15) is 62.6 Å². The zero-order valence-electron chi connectivity index (χ0n) is 17.1. The van der Waals surface area contributed by atoms with Crippen molar-refractivity contribution in [2.24, 2.45) is 7.05 Å². The molecule has 0 spiro atoms.